The van der Waals surface area contributed by atoms with Gasteiger partial charge in [0.25, 0.3) is 0 Å². The van der Waals surface area contributed by atoms with E-state index in [0.717, 1.165) is 43.6 Å². The molecular formula is C17H27N3O2. The molecule has 0 aliphatic carbocycles. The fourth-order valence-corrected chi connectivity index (χ4v) is 2.66. The van der Waals surface area contributed by atoms with Crippen LogP contribution < -0.4 is 5.32 Å². The van der Waals surface area contributed by atoms with E-state index in [2.05, 4.69) is 16.4 Å². The number of aryl methyl sites for hydroxylation is 1. The van der Waals surface area contributed by atoms with Crippen molar-refractivity contribution in [2.75, 3.05) is 18.4 Å². The number of pyridine rings is 1. The van der Waals surface area contributed by atoms with Gasteiger partial charge in [-0.15, -0.1) is 0 Å². The first-order valence-electron chi connectivity index (χ1n) is 8.00. The Balaban J connectivity index is 1.96. The highest BCUT2D eigenvalue weighted by Crippen LogP contribution is 2.21. The summed E-state index contributed by atoms with van der Waals surface area (Å²) in [5.41, 5.74) is 1.67. The third-order valence-electron chi connectivity index (χ3n) is 3.67. The van der Waals surface area contributed by atoms with Gasteiger partial charge in [-0.1, -0.05) is 0 Å². The fourth-order valence-electron chi connectivity index (χ4n) is 2.66. The van der Waals surface area contributed by atoms with Crippen molar-refractivity contribution in [3.63, 3.8) is 0 Å². The Morgan fingerprint density at radius 1 is 1.41 bits per heavy atom. The van der Waals surface area contributed by atoms with Crippen molar-refractivity contribution in [1.82, 2.24) is 9.88 Å². The fraction of sp³-hybridized carbons (Fsp3) is 0.647. The average Bonchev–Trinajstić information content (AvgIpc) is 2.44. The Morgan fingerprint density at radius 2 is 2.18 bits per heavy atom. The molecule has 0 aromatic carbocycles. The van der Waals surface area contributed by atoms with E-state index in [1.165, 1.54) is 0 Å². The Hall–Kier alpha value is -1.78. The number of amides is 1. The summed E-state index contributed by atoms with van der Waals surface area (Å²) < 4.78 is 5.53. The van der Waals surface area contributed by atoms with Gasteiger partial charge in [0, 0.05) is 25.5 Å². The summed E-state index contributed by atoms with van der Waals surface area (Å²) in [5.74, 6) is 0. The SMILES string of the molecule is Cc1cncc(NCC2CCCCN2C(=O)OC(C)(C)C)c1. The smallest absolute Gasteiger partial charge is 0.410 e. The van der Waals surface area contributed by atoms with Crippen LogP contribution in [-0.2, 0) is 4.74 Å². The first-order valence-corrected chi connectivity index (χ1v) is 8.00. The Bertz CT molecular complexity index is 511. The van der Waals surface area contributed by atoms with Gasteiger partial charge >= 0.3 is 6.09 Å². The number of nitrogens with one attached hydrogen (secondary N) is 1. The van der Waals surface area contributed by atoms with Crippen LogP contribution in [0.4, 0.5) is 10.5 Å². The Kier molecular flexibility index (Phi) is 5.27. The third kappa shape index (κ3) is 4.90. The Morgan fingerprint density at radius 3 is 2.86 bits per heavy atom. The maximum Gasteiger partial charge on any atom is 0.410 e. The van der Waals surface area contributed by atoms with Gasteiger partial charge in [0.05, 0.1) is 11.7 Å². The van der Waals surface area contributed by atoms with Gasteiger partial charge in [0.2, 0.25) is 0 Å². The first kappa shape index (κ1) is 16.6. The van der Waals surface area contributed by atoms with E-state index in [9.17, 15) is 4.79 Å². The van der Waals surface area contributed by atoms with Gasteiger partial charge in [0.15, 0.2) is 0 Å². The quantitative estimate of drug-likeness (QED) is 0.927. The normalized spacial score (nSPS) is 18.9. The minimum absolute atomic E-state index is 0.170. The first-order chi connectivity index (χ1) is 10.3. The van der Waals surface area contributed by atoms with Crippen molar-refractivity contribution >= 4 is 11.8 Å². The molecule has 0 bridgehead atoms. The van der Waals surface area contributed by atoms with Crippen LogP contribution in [0.25, 0.3) is 0 Å². The van der Waals surface area contributed by atoms with Gasteiger partial charge in [-0.05, 0) is 58.6 Å². The van der Waals surface area contributed by atoms with E-state index in [1.54, 1.807) is 0 Å². The number of hydrogen-bond acceptors (Lipinski definition) is 4. The van der Waals surface area contributed by atoms with E-state index in [4.69, 9.17) is 4.74 Å². The second-order valence-corrected chi connectivity index (χ2v) is 6.96. The van der Waals surface area contributed by atoms with Crippen LogP contribution in [0.3, 0.4) is 0 Å². The van der Waals surface area contributed by atoms with E-state index in [-0.39, 0.29) is 12.1 Å². The number of ether oxygens (including phenoxy) is 1. The molecule has 1 fully saturated rings. The number of carbonyl (C=O) groups excluding carboxylic acids is 1. The molecule has 1 aromatic heterocycles. The maximum absolute atomic E-state index is 12.4. The van der Waals surface area contributed by atoms with Crippen molar-refractivity contribution in [3.05, 3.63) is 24.0 Å². The molecule has 1 aliphatic heterocycles. The zero-order valence-corrected chi connectivity index (χ0v) is 14.1. The number of carbonyl (C=O) groups is 1. The summed E-state index contributed by atoms with van der Waals surface area (Å²) >= 11 is 0. The molecule has 1 atom stereocenters. The highest BCUT2D eigenvalue weighted by Gasteiger charge is 2.30. The molecule has 1 aromatic rings. The number of hydrogen-bond donors (Lipinski definition) is 1. The van der Waals surface area contributed by atoms with E-state index < -0.39 is 5.60 Å². The summed E-state index contributed by atoms with van der Waals surface area (Å²) in [4.78, 5) is 18.4. The van der Waals surface area contributed by atoms with Gasteiger partial charge in [-0.3, -0.25) is 4.98 Å². The van der Waals surface area contributed by atoms with Crippen LogP contribution in [0.2, 0.25) is 0 Å². The van der Waals surface area contributed by atoms with Gasteiger partial charge in [-0.2, -0.15) is 0 Å². The van der Waals surface area contributed by atoms with Crippen molar-refractivity contribution < 1.29 is 9.53 Å². The average molecular weight is 305 g/mol. The van der Waals surface area contributed by atoms with Crippen molar-refractivity contribution in [1.29, 1.82) is 0 Å². The van der Waals surface area contributed by atoms with Crippen LogP contribution in [0.5, 0.6) is 0 Å². The molecule has 2 heterocycles. The van der Waals surface area contributed by atoms with Gasteiger partial charge in [-0.25, -0.2) is 4.79 Å². The van der Waals surface area contributed by atoms with Crippen LogP contribution in [0, 0.1) is 6.92 Å². The maximum atomic E-state index is 12.4. The number of anilines is 1. The van der Waals surface area contributed by atoms with Crippen LogP contribution in [0.1, 0.15) is 45.6 Å². The lowest BCUT2D eigenvalue weighted by Crippen LogP contribution is -2.48. The minimum Gasteiger partial charge on any atom is -0.444 e. The van der Waals surface area contributed by atoms with E-state index >= 15 is 0 Å². The van der Waals surface area contributed by atoms with Crippen LogP contribution in [0.15, 0.2) is 18.5 Å². The minimum atomic E-state index is -0.451. The molecule has 122 valence electrons. The molecule has 0 spiro atoms. The molecule has 5 heteroatoms. The number of aromatic nitrogens is 1. The summed E-state index contributed by atoms with van der Waals surface area (Å²) in [6.07, 6.45) is 6.64. The number of nitrogens with zero attached hydrogens (tertiary/aromatic N) is 2. The third-order valence-corrected chi connectivity index (χ3v) is 3.67. The lowest BCUT2D eigenvalue weighted by atomic mass is 10.0. The lowest BCUT2D eigenvalue weighted by molar-refractivity contribution is 0.0114. The zero-order chi connectivity index (χ0) is 16.2. The highest BCUT2D eigenvalue weighted by molar-refractivity contribution is 5.68. The molecule has 1 amide bonds. The number of likely N-dealkylation sites (tertiary alicyclic amines) is 1. The largest absolute Gasteiger partial charge is 0.444 e. The summed E-state index contributed by atoms with van der Waals surface area (Å²) in [6, 6.07) is 2.23. The molecule has 1 aliphatic rings. The van der Waals surface area contributed by atoms with Crippen LogP contribution in [-0.4, -0.2) is 40.7 Å². The molecule has 1 N–H and O–H groups in total. The summed E-state index contributed by atoms with van der Waals surface area (Å²) in [7, 11) is 0. The van der Waals surface area contributed by atoms with Gasteiger partial charge in [0.1, 0.15) is 5.60 Å². The molecule has 0 saturated carbocycles. The lowest BCUT2D eigenvalue weighted by Gasteiger charge is -2.37. The summed E-state index contributed by atoms with van der Waals surface area (Å²) in [5, 5.41) is 3.39. The van der Waals surface area contributed by atoms with Crippen molar-refractivity contribution in [3.8, 4) is 0 Å². The zero-order valence-electron chi connectivity index (χ0n) is 14.1. The van der Waals surface area contributed by atoms with Crippen molar-refractivity contribution in [2.45, 2.75) is 58.6 Å². The predicted molar refractivity (Wildman–Crippen MR) is 88.0 cm³/mol. The molecule has 22 heavy (non-hydrogen) atoms. The second-order valence-electron chi connectivity index (χ2n) is 6.96. The molecule has 1 saturated heterocycles. The van der Waals surface area contributed by atoms with E-state index in [1.807, 2.05) is 45.0 Å². The standard InChI is InChI=1S/C17H27N3O2/c1-13-9-14(11-18-10-13)19-12-15-7-5-6-8-20(15)16(21)22-17(2,3)4/h9-11,15,19H,5-8,12H2,1-4H3. The molecule has 5 nitrogen and oxygen atoms in total. The molecule has 0 radical (unpaired) electrons. The highest BCUT2D eigenvalue weighted by atomic mass is 16.6. The second kappa shape index (κ2) is 6.99. The van der Waals surface area contributed by atoms with Crippen LogP contribution >= 0.6 is 0 Å². The topological polar surface area (TPSA) is 54.5 Å². The number of piperidine rings is 1. The van der Waals surface area contributed by atoms with E-state index in [0.29, 0.717) is 0 Å². The Labute approximate surface area is 133 Å². The summed E-state index contributed by atoms with van der Waals surface area (Å²) in [6.45, 7) is 9.23. The molecule has 2 rings (SSSR count). The predicted octanol–water partition coefficient (Wildman–Crippen LogP) is 3.59. The van der Waals surface area contributed by atoms with Gasteiger partial charge < -0.3 is 15.0 Å². The number of rotatable bonds is 3. The van der Waals surface area contributed by atoms with Crippen molar-refractivity contribution in [2.24, 2.45) is 0 Å². The monoisotopic (exact) mass is 305 g/mol. The molecule has 1 unspecified atom stereocenters. The molecular weight excluding hydrogens is 278 g/mol.